The number of carbonyl (C=O) groups is 1. The lowest BCUT2D eigenvalue weighted by Crippen LogP contribution is -2.30. The minimum Gasteiger partial charge on any atom is -0.329 e. The van der Waals surface area contributed by atoms with Crippen molar-refractivity contribution < 1.29 is 13.2 Å². The molecule has 7 heteroatoms. The third kappa shape index (κ3) is 2.53. The Bertz CT molecular complexity index is 562. The Hall–Kier alpha value is -1.44. The Morgan fingerprint density at radius 2 is 1.83 bits per heavy atom. The van der Waals surface area contributed by atoms with Gasteiger partial charge < -0.3 is 11.1 Å². The lowest BCUT2D eigenvalue weighted by atomic mass is 10.1. The van der Waals surface area contributed by atoms with E-state index in [2.05, 4.69) is 5.32 Å². The Labute approximate surface area is 105 Å². The zero-order valence-corrected chi connectivity index (χ0v) is 10.5. The molecule has 0 radical (unpaired) electrons. The summed E-state index contributed by atoms with van der Waals surface area (Å²) in [5.41, 5.74) is 5.65. The molecule has 0 saturated heterocycles. The number of carbonyl (C=O) groups excluding carboxylic acids is 1. The van der Waals surface area contributed by atoms with Crippen LogP contribution in [0.25, 0.3) is 0 Å². The highest BCUT2D eigenvalue weighted by Crippen LogP contribution is 2.45. The molecule has 18 heavy (non-hydrogen) atoms. The van der Waals surface area contributed by atoms with Crippen LogP contribution in [0.3, 0.4) is 0 Å². The molecular weight excluding hydrogens is 254 g/mol. The largest absolute Gasteiger partial charge is 0.329 e. The highest BCUT2D eigenvalue weighted by molar-refractivity contribution is 7.89. The second kappa shape index (κ2) is 4.34. The van der Waals surface area contributed by atoms with E-state index in [1.165, 1.54) is 24.3 Å². The van der Waals surface area contributed by atoms with Crippen LogP contribution in [0.5, 0.6) is 0 Å². The first kappa shape index (κ1) is 13.0. The fraction of sp³-hybridized carbons (Fsp3) is 0.364. The number of amides is 1. The molecule has 0 spiro atoms. The molecule has 0 aliphatic heterocycles. The quantitative estimate of drug-likeness (QED) is 0.714. The Balaban J connectivity index is 2.10. The maximum absolute atomic E-state index is 11.9. The second-order valence-corrected chi connectivity index (χ2v) is 6.07. The summed E-state index contributed by atoms with van der Waals surface area (Å²) in [5.74, 6) is -0.117. The van der Waals surface area contributed by atoms with Crippen LogP contribution in [0.4, 0.5) is 5.69 Å². The maximum atomic E-state index is 11.9. The molecule has 1 aromatic rings. The molecule has 0 unspecified atom stereocenters. The molecule has 1 saturated carbocycles. The molecule has 1 aliphatic rings. The summed E-state index contributed by atoms with van der Waals surface area (Å²) in [7, 11) is -3.70. The molecule has 1 aliphatic carbocycles. The molecule has 6 nitrogen and oxygen atoms in total. The van der Waals surface area contributed by atoms with Crippen LogP contribution < -0.4 is 16.2 Å². The summed E-state index contributed by atoms with van der Waals surface area (Å²) in [6, 6.07) is 5.72. The van der Waals surface area contributed by atoms with Gasteiger partial charge in [-0.05, 0) is 37.1 Å². The van der Waals surface area contributed by atoms with E-state index in [0.29, 0.717) is 12.2 Å². The van der Waals surface area contributed by atoms with Crippen LogP contribution in [0.1, 0.15) is 12.8 Å². The van der Waals surface area contributed by atoms with E-state index >= 15 is 0 Å². The molecule has 0 heterocycles. The van der Waals surface area contributed by atoms with Crippen molar-refractivity contribution in [2.45, 2.75) is 17.7 Å². The van der Waals surface area contributed by atoms with Crippen LogP contribution >= 0.6 is 0 Å². The molecule has 1 fully saturated rings. The van der Waals surface area contributed by atoms with Crippen LogP contribution in [0.2, 0.25) is 0 Å². The molecule has 0 bridgehead atoms. The molecule has 0 atom stereocenters. The first-order chi connectivity index (χ1) is 8.37. The fourth-order valence-corrected chi connectivity index (χ4v) is 2.18. The van der Waals surface area contributed by atoms with Gasteiger partial charge in [-0.3, -0.25) is 4.79 Å². The molecule has 5 N–H and O–H groups in total. The van der Waals surface area contributed by atoms with E-state index in [1.807, 2.05) is 0 Å². The van der Waals surface area contributed by atoms with Gasteiger partial charge in [-0.2, -0.15) is 0 Å². The van der Waals surface area contributed by atoms with Gasteiger partial charge in [0.1, 0.15) is 0 Å². The van der Waals surface area contributed by atoms with Crippen molar-refractivity contribution in [1.82, 2.24) is 0 Å². The number of nitrogens with two attached hydrogens (primary N) is 2. The van der Waals surface area contributed by atoms with E-state index in [-0.39, 0.29) is 10.8 Å². The van der Waals surface area contributed by atoms with Crippen LogP contribution in [0, 0.1) is 5.41 Å². The van der Waals surface area contributed by atoms with Gasteiger partial charge in [0.15, 0.2) is 0 Å². The zero-order chi connectivity index (χ0) is 13.4. The topological polar surface area (TPSA) is 115 Å². The van der Waals surface area contributed by atoms with Crippen LogP contribution in [-0.2, 0) is 14.8 Å². The monoisotopic (exact) mass is 269 g/mol. The van der Waals surface area contributed by atoms with E-state index in [0.717, 1.165) is 12.8 Å². The minimum absolute atomic E-state index is 0.0143. The first-order valence-electron chi connectivity index (χ1n) is 5.52. The van der Waals surface area contributed by atoms with E-state index < -0.39 is 15.4 Å². The van der Waals surface area contributed by atoms with Crippen molar-refractivity contribution >= 4 is 21.6 Å². The number of hydrogen-bond acceptors (Lipinski definition) is 4. The van der Waals surface area contributed by atoms with Gasteiger partial charge in [0.05, 0.1) is 10.3 Å². The number of rotatable bonds is 4. The Morgan fingerprint density at radius 1 is 1.28 bits per heavy atom. The van der Waals surface area contributed by atoms with Crippen molar-refractivity contribution in [3.8, 4) is 0 Å². The number of benzene rings is 1. The highest BCUT2D eigenvalue weighted by Gasteiger charge is 2.48. The van der Waals surface area contributed by atoms with Gasteiger partial charge in [-0.25, -0.2) is 13.6 Å². The average molecular weight is 269 g/mol. The third-order valence-electron chi connectivity index (χ3n) is 3.17. The summed E-state index contributed by atoms with van der Waals surface area (Å²) < 4.78 is 22.1. The summed E-state index contributed by atoms with van der Waals surface area (Å²) in [4.78, 5) is 11.9. The smallest absolute Gasteiger partial charge is 0.238 e. The molecule has 98 valence electrons. The number of nitrogens with one attached hydrogen (secondary N) is 1. The van der Waals surface area contributed by atoms with Crippen LogP contribution in [0.15, 0.2) is 29.2 Å². The predicted molar refractivity (Wildman–Crippen MR) is 67.2 cm³/mol. The SMILES string of the molecule is NCC1(C(=O)Nc2ccc(S(N)(=O)=O)cc2)CC1. The summed E-state index contributed by atoms with van der Waals surface area (Å²) in [6.07, 6.45) is 1.59. The number of primary sulfonamides is 1. The van der Waals surface area contributed by atoms with Crippen molar-refractivity contribution in [3.63, 3.8) is 0 Å². The zero-order valence-electron chi connectivity index (χ0n) is 9.72. The van der Waals surface area contributed by atoms with Gasteiger partial charge >= 0.3 is 0 Å². The second-order valence-electron chi connectivity index (χ2n) is 4.51. The molecule has 1 amide bonds. The first-order valence-corrected chi connectivity index (χ1v) is 7.06. The normalized spacial score (nSPS) is 17.2. The standard InChI is InChI=1S/C11H15N3O3S/c12-7-11(5-6-11)10(15)14-8-1-3-9(4-2-8)18(13,16)17/h1-4H,5-7,12H2,(H,14,15)(H2,13,16,17). The van der Waals surface area contributed by atoms with Crippen molar-refractivity contribution in [2.75, 3.05) is 11.9 Å². The molecule has 2 rings (SSSR count). The van der Waals surface area contributed by atoms with Gasteiger partial charge in [0.2, 0.25) is 15.9 Å². The third-order valence-corrected chi connectivity index (χ3v) is 4.10. The summed E-state index contributed by atoms with van der Waals surface area (Å²) in [5, 5.41) is 7.70. The fourth-order valence-electron chi connectivity index (χ4n) is 1.67. The van der Waals surface area contributed by atoms with Gasteiger partial charge in [0, 0.05) is 12.2 Å². The van der Waals surface area contributed by atoms with Crippen molar-refractivity contribution in [1.29, 1.82) is 0 Å². The van der Waals surface area contributed by atoms with E-state index in [9.17, 15) is 13.2 Å². The van der Waals surface area contributed by atoms with E-state index in [4.69, 9.17) is 10.9 Å². The van der Waals surface area contributed by atoms with Crippen LogP contribution in [-0.4, -0.2) is 20.9 Å². The Morgan fingerprint density at radius 3 is 2.22 bits per heavy atom. The summed E-state index contributed by atoms with van der Waals surface area (Å²) in [6.45, 7) is 0.327. The minimum atomic E-state index is -3.70. The lowest BCUT2D eigenvalue weighted by molar-refractivity contribution is -0.120. The van der Waals surface area contributed by atoms with Crippen molar-refractivity contribution in [2.24, 2.45) is 16.3 Å². The maximum Gasteiger partial charge on any atom is 0.238 e. The summed E-state index contributed by atoms with van der Waals surface area (Å²) >= 11 is 0. The number of hydrogen-bond donors (Lipinski definition) is 3. The average Bonchev–Trinajstić information content (AvgIpc) is 3.09. The molecule has 0 aromatic heterocycles. The van der Waals surface area contributed by atoms with Crippen molar-refractivity contribution in [3.05, 3.63) is 24.3 Å². The van der Waals surface area contributed by atoms with Gasteiger partial charge in [-0.1, -0.05) is 0 Å². The van der Waals surface area contributed by atoms with Gasteiger partial charge in [0.25, 0.3) is 0 Å². The number of sulfonamides is 1. The highest BCUT2D eigenvalue weighted by atomic mass is 32.2. The molecule has 1 aromatic carbocycles. The molecular formula is C11H15N3O3S. The lowest BCUT2D eigenvalue weighted by Gasteiger charge is -2.12. The van der Waals surface area contributed by atoms with E-state index in [1.54, 1.807) is 0 Å². The van der Waals surface area contributed by atoms with Gasteiger partial charge in [-0.15, -0.1) is 0 Å². The predicted octanol–water partition coefficient (Wildman–Crippen LogP) is 0.0114. The number of anilines is 1. The Kier molecular flexibility index (Phi) is 3.14.